The van der Waals surface area contributed by atoms with E-state index in [0.717, 1.165) is 31.2 Å². The van der Waals surface area contributed by atoms with E-state index in [1.54, 1.807) is 12.1 Å². The first-order valence-electron chi connectivity index (χ1n) is 13.3. The zero-order valence-electron chi connectivity index (χ0n) is 22.1. The van der Waals surface area contributed by atoms with Crippen LogP contribution < -0.4 is 9.47 Å². The molecule has 1 amide bonds. The number of aliphatic carboxylic acids is 1. The second kappa shape index (κ2) is 12.3. The summed E-state index contributed by atoms with van der Waals surface area (Å²) in [5.41, 5.74) is 2.64. The van der Waals surface area contributed by atoms with Crippen LogP contribution in [0.3, 0.4) is 0 Å². The highest BCUT2D eigenvalue weighted by molar-refractivity contribution is 6.30. The van der Waals surface area contributed by atoms with E-state index in [1.165, 1.54) is 24.1 Å². The molecule has 0 unspecified atom stereocenters. The van der Waals surface area contributed by atoms with Gasteiger partial charge in [0.1, 0.15) is 18.5 Å². The average Bonchev–Trinajstić information content (AvgIpc) is 3.49. The molecular formula is C31H31ClFNO6. The Morgan fingerprint density at radius 2 is 1.85 bits per heavy atom. The highest BCUT2D eigenvalue weighted by Crippen LogP contribution is 2.40. The normalized spacial score (nSPS) is 17.8. The van der Waals surface area contributed by atoms with Crippen molar-refractivity contribution in [3.8, 4) is 11.5 Å². The van der Waals surface area contributed by atoms with Gasteiger partial charge in [-0.2, -0.15) is 0 Å². The highest BCUT2D eigenvalue weighted by Gasteiger charge is 2.41. The van der Waals surface area contributed by atoms with Gasteiger partial charge in [0.25, 0.3) is 5.91 Å². The molecule has 1 aliphatic heterocycles. The van der Waals surface area contributed by atoms with Crippen LogP contribution in [0.15, 0.2) is 60.7 Å². The first kappa shape index (κ1) is 27.9. The van der Waals surface area contributed by atoms with Gasteiger partial charge in [-0.05, 0) is 47.7 Å². The maximum absolute atomic E-state index is 14.0. The summed E-state index contributed by atoms with van der Waals surface area (Å²) < 4.78 is 31.9. The molecule has 7 nitrogen and oxygen atoms in total. The monoisotopic (exact) mass is 567 g/mol. The minimum Gasteiger partial charge on any atom is -0.493 e. The van der Waals surface area contributed by atoms with Crippen LogP contribution >= 0.6 is 11.6 Å². The van der Waals surface area contributed by atoms with Crippen molar-refractivity contribution in [2.45, 2.75) is 63.5 Å². The van der Waals surface area contributed by atoms with E-state index in [4.69, 9.17) is 25.8 Å². The first-order valence-corrected chi connectivity index (χ1v) is 13.7. The van der Waals surface area contributed by atoms with Gasteiger partial charge >= 0.3 is 5.97 Å². The zero-order valence-corrected chi connectivity index (χ0v) is 22.9. The molecule has 3 aromatic carbocycles. The number of halogens is 2. The van der Waals surface area contributed by atoms with Crippen molar-refractivity contribution in [1.29, 1.82) is 0 Å². The number of hydrogen-bond acceptors (Lipinski definition) is 5. The van der Waals surface area contributed by atoms with E-state index in [0.29, 0.717) is 28.2 Å². The predicted octanol–water partition coefficient (Wildman–Crippen LogP) is 6.11. The average molecular weight is 568 g/mol. The van der Waals surface area contributed by atoms with E-state index in [2.05, 4.69) is 0 Å². The van der Waals surface area contributed by atoms with Gasteiger partial charge in [-0.25, -0.2) is 9.18 Å². The fraction of sp³-hybridized carbons (Fsp3) is 0.355. The number of carbonyl (C=O) groups excluding carboxylic acids is 1. The first-order chi connectivity index (χ1) is 19.4. The molecule has 2 aliphatic rings. The molecule has 40 heavy (non-hydrogen) atoms. The van der Waals surface area contributed by atoms with Crippen molar-refractivity contribution in [3.63, 3.8) is 0 Å². The number of amides is 1. The van der Waals surface area contributed by atoms with Crippen molar-refractivity contribution in [3.05, 3.63) is 93.8 Å². The van der Waals surface area contributed by atoms with E-state index < -0.39 is 23.9 Å². The molecule has 210 valence electrons. The number of benzene rings is 3. The van der Waals surface area contributed by atoms with E-state index in [9.17, 15) is 19.1 Å². The maximum Gasteiger partial charge on any atom is 0.326 e. The molecule has 0 aromatic heterocycles. The van der Waals surface area contributed by atoms with E-state index in [1.807, 2.05) is 36.4 Å². The molecular weight excluding hydrogens is 537 g/mol. The molecule has 3 aromatic rings. The second-order valence-corrected chi connectivity index (χ2v) is 10.5. The van der Waals surface area contributed by atoms with E-state index in [-0.39, 0.29) is 36.6 Å². The summed E-state index contributed by atoms with van der Waals surface area (Å²) in [5, 5.41) is 10.3. The summed E-state index contributed by atoms with van der Waals surface area (Å²) in [4.78, 5) is 28.0. The van der Waals surface area contributed by atoms with Gasteiger partial charge in [0.15, 0.2) is 17.6 Å². The van der Waals surface area contributed by atoms with E-state index >= 15 is 0 Å². The van der Waals surface area contributed by atoms with Gasteiger partial charge < -0.3 is 24.2 Å². The molecule has 1 fully saturated rings. The molecule has 0 bridgehead atoms. The number of carboxylic acids is 1. The highest BCUT2D eigenvalue weighted by atomic mass is 35.5. The quantitative estimate of drug-likeness (QED) is 0.336. The SMILES string of the molecule is COc1ccc2c(c1OCc1ccc(Cl)c(F)c1)C[C@@H](C(=O)O)N(C(=O)[C@@H](OC1CCCC1)c1ccccc1)C2. The predicted molar refractivity (Wildman–Crippen MR) is 147 cm³/mol. The summed E-state index contributed by atoms with van der Waals surface area (Å²) in [6.07, 6.45) is 2.91. The van der Waals surface area contributed by atoms with Gasteiger partial charge in [-0.15, -0.1) is 0 Å². The van der Waals surface area contributed by atoms with Crippen molar-refractivity contribution < 1.29 is 33.3 Å². The van der Waals surface area contributed by atoms with Gasteiger partial charge in [-0.3, -0.25) is 4.79 Å². The largest absolute Gasteiger partial charge is 0.493 e. The Bertz CT molecular complexity index is 1380. The second-order valence-electron chi connectivity index (χ2n) is 10.1. The van der Waals surface area contributed by atoms with Crippen LogP contribution in [0, 0.1) is 5.82 Å². The third kappa shape index (κ3) is 5.93. The lowest BCUT2D eigenvalue weighted by atomic mass is 9.91. The number of hydrogen-bond donors (Lipinski definition) is 1. The maximum atomic E-state index is 14.0. The Kier molecular flexibility index (Phi) is 8.57. The molecule has 5 rings (SSSR count). The van der Waals surface area contributed by atoms with Crippen LogP contribution in [0.4, 0.5) is 4.39 Å². The minimum absolute atomic E-state index is 0.0122. The number of carbonyl (C=O) groups is 2. The number of methoxy groups -OCH3 is 1. The number of carboxylic acid groups (broad SMARTS) is 1. The Labute approximate surface area is 237 Å². The smallest absolute Gasteiger partial charge is 0.326 e. The molecule has 1 saturated carbocycles. The zero-order chi connectivity index (χ0) is 28.2. The Hall–Kier alpha value is -3.62. The van der Waals surface area contributed by atoms with Crippen LogP contribution in [0.25, 0.3) is 0 Å². The van der Waals surface area contributed by atoms with Gasteiger partial charge in [-0.1, -0.05) is 66.9 Å². The van der Waals surface area contributed by atoms with Crippen LogP contribution in [-0.2, 0) is 33.9 Å². The summed E-state index contributed by atoms with van der Waals surface area (Å²) in [6, 6.07) is 16.0. The van der Waals surface area contributed by atoms with Gasteiger partial charge in [0.05, 0.1) is 18.2 Å². The lowest BCUT2D eigenvalue weighted by molar-refractivity contribution is -0.160. The fourth-order valence-electron chi connectivity index (χ4n) is 5.45. The molecule has 0 saturated heterocycles. The molecule has 1 N–H and O–H groups in total. The molecule has 0 radical (unpaired) electrons. The van der Waals surface area contributed by atoms with Gasteiger partial charge in [0, 0.05) is 18.5 Å². The van der Waals surface area contributed by atoms with Crippen LogP contribution in [-0.4, -0.2) is 41.1 Å². The lowest BCUT2D eigenvalue weighted by Crippen LogP contribution is -2.50. The molecule has 2 atom stereocenters. The fourth-order valence-corrected chi connectivity index (χ4v) is 5.56. The van der Waals surface area contributed by atoms with Crippen LogP contribution in [0.5, 0.6) is 11.5 Å². The Balaban J connectivity index is 1.45. The minimum atomic E-state index is -1.14. The molecule has 1 heterocycles. The lowest BCUT2D eigenvalue weighted by Gasteiger charge is -2.37. The number of rotatable bonds is 9. The van der Waals surface area contributed by atoms with Crippen molar-refractivity contribution in [2.24, 2.45) is 0 Å². The molecule has 1 aliphatic carbocycles. The van der Waals surface area contributed by atoms with Crippen molar-refractivity contribution in [1.82, 2.24) is 4.90 Å². The summed E-state index contributed by atoms with van der Waals surface area (Å²) in [7, 11) is 1.49. The topological polar surface area (TPSA) is 85.3 Å². The van der Waals surface area contributed by atoms with Gasteiger partial charge in [0.2, 0.25) is 0 Å². The standard InChI is InChI=1S/C31H31ClFNO6/c1-38-27-14-12-21-17-34(30(35)28(20-7-3-2-4-8-20)40-22-9-5-6-10-22)26(31(36)37)16-23(21)29(27)39-18-19-11-13-24(32)25(33)15-19/h2-4,7-8,11-15,22,26,28H,5-6,9-10,16-18H2,1H3,(H,36,37)/t26-,28-/m0/s1. The molecule has 0 spiro atoms. The molecule has 9 heteroatoms. The van der Waals surface area contributed by atoms with Crippen molar-refractivity contribution >= 4 is 23.5 Å². The van der Waals surface area contributed by atoms with Crippen LogP contribution in [0.1, 0.15) is 54.0 Å². The number of nitrogens with zero attached hydrogens (tertiary/aromatic N) is 1. The third-order valence-electron chi connectivity index (χ3n) is 7.55. The number of ether oxygens (including phenoxy) is 3. The Morgan fingerprint density at radius 3 is 2.52 bits per heavy atom. The summed E-state index contributed by atoms with van der Waals surface area (Å²) >= 11 is 5.80. The van der Waals surface area contributed by atoms with Crippen LogP contribution in [0.2, 0.25) is 5.02 Å². The van der Waals surface area contributed by atoms with Crippen molar-refractivity contribution in [2.75, 3.05) is 7.11 Å². The Morgan fingerprint density at radius 1 is 1.10 bits per heavy atom. The summed E-state index contributed by atoms with van der Waals surface area (Å²) in [5.74, 6) is -1.27. The third-order valence-corrected chi connectivity index (χ3v) is 7.85. The number of fused-ring (bicyclic) bond motifs is 1. The summed E-state index contributed by atoms with van der Waals surface area (Å²) in [6.45, 7) is 0.0883.